The van der Waals surface area contributed by atoms with E-state index in [4.69, 9.17) is 135 Å². The first kappa shape index (κ1) is 96.6. The van der Waals surface area contributed by atoms with Crippen molar-refractivity contribution in [3.8, 4) is 23.0 Å². The van der Waals surface area contributed by atoms with Gasteiger partial charge in [0.25, 0.3) is 0 Å². The third-order valence-corrected chi connectivity index (χ3v) is 23.4. The molecule has 126 heavy (non-hydrogen) atoms. The molecule has 14 aromatic rings. The third-order valence-electron chi connectivity index (χ3n) is 19.4. The van der Waals surface area contributed by atoms with Crippen LogP contribution in [-0.4, -0.2) is 41.4 Å². The highest BCUT2D eigenvalue weighted by atomic mass is 35.5. The van der Waals surface area contributed by atoms with Crippen LogP contribution in [0.3, 0.4) is 0 Å². The second-order valence-corrected chi connectivity index (χ2v) is 31.9. The fourth-order valence-corrected chi connectivity index (χ4v) is 15.6. The summed E-state index contributed by atoms with van der Waals surface area (Å²) in [7, 11) is 0. The molecule has 644 valence electrons. The number of pyridine rings is 1. The van der Waals surface area contributed by atoms with Gasteiger partial charge in [-0.1, -0.05) is 328 Å². The summed E-state index contributed by atoms with van der Waals surface area (Å²) >= 11 is 63.5. The molecule has 0 N–H and O–H groups in total. The Balaban J connectivity index is 0.000000165. The van der Waals surface area contributed by atoms with Crippen LogP contribution in [0.5, 0.6) is 23.0 Å². The van der Waals surface area contributed by atoms with Crippen molar-refractivity contribution in [3.63, 3.8) is 0 Å². The van der Waals surface area contributed by atoms with Crippen LogP contribution < -0.4 is 44.5 Å². The topological polar surface area (TPSA) is 250 Å². The summed E-state index contributed by atoms with van der Waals surface area (Å²) in [6, 6.07) is 80.6. The van der Waals surface area contributed by atoms with E-state index in [0.29, 0.717) is 150 Å². The number of carbonyl (C=O) groups is 5. The summed E-state index contributed by atoms with van der Waals surface area (Å²) in [5.41, 5.74) is 11.7. The molecule has 0 radical (unpaired) electrons. The van der Waals surface area contributed by atoms with Crippen molar-refractivity contribution < 1.29 is 72.8 Å². The minimum absolute atomic E-state index is 0.00307. The molecule has 0 spiro atoms. The smallest absolute Gasteiger partial charge is 0.138 e. The van der Waals surface area contributed by atoms with Crippen LogP contribution in [0.2, 0.25) is 50.2 Å². The standard InChI is InChI=1S/C22H18Cl2O3.C21H15Cl2FO3.C21H16Cl2O3.C20H15Cl2NO3.C16H14Cl2O2/c23-19-10-11-20(27-13-12-15-6-2-1-3-7-15)21(24)18(19)14-16-8-4-5-9-17(16)22(25)26;22-17-9-10-19(27-12-14-6-2-4-8-18(14)24)20(23)16(17)11-13-5-1-3-7-15(13)21(25)26;22-18-10-11-19(26-13-14-6-2-1-3-7-14)20(23)17(18)12-15-8-4-5-9-16(15)21(24)25;21-16-8-9-18(26-12-13-5-2-1-3-6-13)19(22)15(16)11-17-14(20(24)25)7-4-10-23-17;1-9-3-5-12(16(19)20)11(7-9)8-13-14(17)6-4-10(2)15(13)18/h1-11H,12-14H2,(H,25,26);1-10H,11-12H2,(H,25,26);1-11H,12-13H2,(H,24,25);1-10H,11-12H2,(H,24,25);3-7H,8H2,1-2H3,(H,19,20)/p-5. The van der Waals surface area contributed by atoms with Crippen molar-refractivity contribution in [2.45, 2.75) is 72.2 Å². The van der Waals surface area contributed by atoms with E-state index in [1.807, 2.05) is 117 Å². The number of rotatable bonds is 28. The predicted molar refractivity (Wildman–Crippen MR) is 485 cm³/mol. The van der Waals surface area contributed by atoms with Crippen molar-refractivity contribution in [2.24, 2.45) is 0 Å². The Morgan fingerprint density at radius 2 is 0.619 bits per heavy atom. The minimum Gasteiger partial charge on any atom is -0.545 e. The Hall–Kier alpha value is -11.6. The van der Waals surface area contributed by atoms with Gasteiger partial charge in [-0.05, 0) is 159 Å². The number of aryl methyl sites for hydroxylation is 2. The molecule has 0 atom stereocenters. The van der Waals surface area contributed by atoms with E-state index in [-0.39, 0.29) is 70.9 Å². The van der Waals surface area contributed by atoms with E-state index in [1.165, 1.54) is 48.2 Å². The largest absolute Gasteiger partial charge is 0.545 e. The van der Waals surface area contributed by atoms with Crippen molar-refractivity contribution in [2.75, 3.05) is 6.61 Å². The Kier molecular flexibility index (Phi) is 36.5. The van der Waals surface area contributed by atoms with Crippen LogP contribution >= 0.6 is 116 Å². The molecular formula is C100H73Cl10FNO14-5. The molecule has 0 amide bonds. The van der Waals surface area contributed by atoms with E-state index in [2.05, 4.69) is 4.98 Å². The summed E-state index contributed by atoms with van der Waals surface area (Å²) in [6.45, 7) is 5.00. The van der Waals surface area contributed by atoms with E-state index in [9.17, 15) is 53.9 Å². The molecule has 1 aromatic heterocycles. The Labute approximate surface area is 777 Å². The number of carboxylic acids is 5. The highest BCUT2D eigenvalue weighted by molar-refractivity contribution is 6.39. The number of carbonyl (C=O) groups excluding carboxylic acids is 5. The molecule has 0 fully saturated rings. The fourth-order valence-electron chi connectivity index (χ4n) is 12.8. The molecule has 15 nitrogen and oxygen atoms in total. The lowest BCUT2D eigenvalue weighted by Gasteiger charge is -2.15. The van der Waals surface area contributed by atoms with Gasteiger partial charge in [0.1, 0.15) is 48.6 Å². The molecule has 0 unspecified atom stereocenters. The van der Waals surface area contributed by atoms with E-state index < -0.39 is 29.8 Å². The van der Waals surface area contributed by atoms with Crippen LogP contribution in [-0.2, 0) is 58.3 Å². The quantitative estimate of drug-likeness (QED) is 0.0442. The predicted octanol–water partition coefficient (Wildman–Crippen LogP) is 21.2. The maximum atomic E-state index is 13.7. The van der Waals surface area contributed by atoms with Crippen LogP contribution in [0.15, 0.2) is 285 Å². The maximum absolute atomic E-state index is 13.7. The molecule has 0 bridgehead atoms. The lowest BCUT2D eigenvalue weighted by molar-refractivity contribution is -0.256. The van der Waals surface area contributed by atoms with Gasteiger partial charge in [0.15, 0.2) is 0 Å². The Morgan fingerprint density at radius 1 is 0.302 bits per heavy atom. The van der Waals surface area contributed by atoms with Crippen molar-refractivity contribution in [1.29, 1.82) is 0 Å². The lowest BCUT2D eigenvalue weighted by atomic mass is 9.97. The molecule has 14 rings (SSSR count). The summed E-state index contributed by atoms with van der Waals surface area (Å²) in [6.07, 6.45) is 3.53. The molecular weight excluding hydrogens is 1810 g/mol. The van der Waals surface area contributed by atoms with Crippen molar-refractivity contribution in [1.82, 2.24) is 4.98 Å². The zero-order chi connectivity index (χ0) is 90.5. The van der Waals surface area contributed by atoms with Gasteiger partial charge in [-0.3, -0.25) is 4.98 Å². The van der Waals surface area contributed by atoms with Crippen LogP contribution in [0.1, 0.15) is 141 Å². The second-order valence-electron chi connectivity index (χ2n) is 28.0. The van der Waals surface area contributed by atoms with Crippen LogP contribution in [0.25, 0.3) is 0 Å². The number of aromatic carboxylic acids is 5. The average molecular weight is 1890 g/mol. The van der Waals surface area contributed by atoms with Gasteiger partial charge in [0.05, 0.1) is 62.2 Å². The van der Waals surface area contributed by atoms with Crippen molar-refractivity contribution in [3.05, 3.63) is 458 Å². The van der Waals surface area contributed by atoms with Crippen LogP contribution in [0.4, 0.5) is 4.39 Å². The van der Waals surface area contributed by atoms with Gasteiger partial charge < -0.3 is 68.5 Å². The van der Waals surface area contributed by atoms with Gasteiger partial charge in [-0.2, -0.15) is 0 Å². The van der Waals surface area contributed by atoms with Crippen molar-refractivity contribution >= 4 is 146 Å². The van der Waals surface area contributed by atoms with E-state index >= 15 is 0 Å². The second kappa shape index (κ2) is 47.6. The molecule has 0 aliphatic rings. The molecule has 0 aliphatic carbocycles. The average Bonchev–Trinajstić information content (AvgIpc) is 0.828. The zero-order valence-electron chi connectivity index (χ0n) is 67.0. The molecule has 26 heteroatoms. The number of benzene rings is 13. The third kappa shape index (κ3) is 27.2. The van der Waals surface area contributed by atoms with Gasteiger partial charge >= 0.3 is 0 Å². The number of carboxylic acid groups (broad SMARTS) is 5. The monoisotopic (exact) mass is 1880 g/mol. The van der Waals surface area contributed by atoms with Crippen LogP contribution in [0, 0.1) is 19.7 Å². The first-order valence-electron chi connectivity index (χ1n) is 38.6. The number of nitrogens with zero attached hydrogens (tertiary/aromatic N) is 1. The first-order valence-corrected chi connectivity index (χ1v) is 42.3. The number of hydrogen-bond acceptors (Lipinski definition) is 15. The lowest BCUT2D eigenvalue weighted by Crippen LogP contribution is -2.24. The number of ether oxygens (including phenoxy) is 4. The first-order chi connectivity index (χ1) is 60.5. The summed E-state index contributed by atoms with van der Waals surface area (Å²) in [5.74, 6) is -4.76. The Bertz CT molecular complexity index is 6030. The molecule has 0 saturated heterocycles. The van der Waals surface area contributed by atoms with E-state index in [1.54, 1.807) is 140 Å². The summed E-state index contributed by atoms with van der Waals surface area (Å²) < 4.78 is 36.8. The fraction of sp³-hybridized carbons (Fsp3) is 0.120. The van der Waals surface area contributed by atoms with Gasteiger partial charge in [0, 0.05) is 108 Å². The van der Waals surface area contributed by atoms with E-state index in [0.717, 1.165) is 34.2 Å². The number of halogens is 11. The number of hydrogen-bond donors (Lipinski definition) is 0. The Morgan fingerprint density at radius 3 is 1.02 bits per heavy atom. The molecule has 1 heterocycles. The van der Waals surface area contributed by atoms with Gasteiger partial charge in [-0.25, -0.2) is 4.39 Å². The zero-order valence-corrected chi connectivity index (χ0v) is 74.6. The summed E-state index contributed by atoms with van der Waals surface area (Å²) in [4.78, 5) is 60.5. The maximum Gasteiger partial charge on any atom is 0.138 e. The minimum atomic E-state index is -1.29. The normalized spacial score (nSPS) is 10.6. The highest BCUT2D eigenvalue weighted by Crippen LogP contribution is 2.41. The molecule has 0 saturated carbocycles. The molecule has 13 aromatic carbocycles. The van der Waals surface area contributed by atoms with Gasteiger partial charge in [-0.15, -0.1) is 0 Å². The van der Waals surface area contributed by atoms with Gasteiger partial charge in [0.2, 0.25) is 0 Å². The summed E-state index contributed by atoms with van der Waals surface area (Å²) in [5, 5.41) is 60.6. The molecule has 0 aliphatic heterocycles. The SMILES string of the molecule is Cc1ccc(C(=O)[O-])c(Cc2c(Cl)ccc(C)c2Cl)c1.O=C([O-])c1ccccc1Cc1c(Cl)ccc(OCCc2ccccc2)c1Cl.O=C([O-])c1ccccc1Cc1c(Cl)ccc(OCc2ccccc2)c1Cl.O=C([O-])c1ccccc1Cc1c(Cl)ccc(OCc2ccccc2F)c1Cl.O=C([O-])c1cccnc1Cc1c(Cl)ccc(OCc2ccccc2)c1Cl. The number of aromatic nitrogens is 1. The highest BCUT2D eigenvalue weighted by Gasteiger charge is 2.22.